The Kier molecular flexibility index (Phi) is 5.81. The molecule has 1 aliphatic heterocycles. The van der Waals surface area contributed by atoms with E-state index in [1.54, 1.807) is 31.2 Å². The highest BCUT2D eigenvalue weighted by Gasteiger charge is 2.36. The van der Waals surface area contributed by atoms with Crippen molar-refractivity contribution >= 4 is 27.7 Å². The normalized spacial score (nSPS) is 13.5. The number of carbonyl (C=O) groups excluding carboxylic acids is 3. The molecular weight excluding hydrogens is 394 g/mol. The third kappa shape index (κ3) is 4.36. The number of hydrogen-bond acceptors (Lipinski definition) is 5. The van der Waals surface area contributed by atoms with Gasteiger partial charge in [-0.3, -0.25) is 19.3 Å². The molecule has 0 unspecified atom stereocenters. The monoisotopic (exact) mass is 415 g/mol. The third-order valence-electron chi connectivity index (χ3n) is 4.54. The van der Waals surface area contributed by atoms with E-state index < -0.39 is 34.3 Å². The molecule has 29 heavy (non-hydrogen) atoms. The first-order chi connectivity index (χ1) is 13.7. The summed E-state index contributed by atoms with van der Waals surface area (Å²) in [6.45, 7) is 3.16. The Morgan fingerprint density at radius 3 is 2.17 bits per heavy atom. The topological polar surface area (TPSA) is 113 Å². The summed E-state index contributed by atoms with van der Waals surface area (Å²) >= 11 is 0. The maximum absolute atomic E-state index is 12.4. The van der Waals surface area contributed by atoms with Crippen molar-refractivity contribution in [3.63, 3.8) is 0 Å². The summed E-state index contributed by atoms with van der Waals surface area (Å²) in [5, 5.41) is 2.51. The van der Waals surface area contributed by atoms with Crippen molar-refractivity contribution in [1.82, 2.24) is 14.9 Å². The molecule has 8 nitrogen and oxygen atoms in total. The van der Waals surface area contributed by atoms with E-state index in [-0.39, 0.29) is 29.1 Å². The van der Waals surface area contributed by atoms with Crippen molar-refractivity contribution < 1.29 is 22.8 Å². The Labute approximate surface area is 169 Å². The molecule has 0 aliphatic carbocycles. The smallest absolute Gasteiger partial charge is 0.262 e. The molecule has 2 aromatic carbocycles. The number of amides is 3. The van der Waals surface area contributed by atoms with Crippen molar-refractivity contribution in [2.45, 2.75) is 18.7 Å². The summed E-state index contributed by atoms with van der Waals surface area (Å²) in [6, 6.07) is 11.4. The molecule has 1 aliphatic rings. The minimum atomic E-state index is -3.70. The van der Waals surface area contributed by atoms with Crippen LogP contribution in [0.1, 0.15) is 31.8 Å². The number of rotatable bonds is 7. The van der Waals surface area contributed by atoms with E-state index in [4.69, 9.17) is 0 Å². The summed E-state index contributed by atoms with van der Waals surface area (Å²) < 4.78 is 27.2. The highest BCUT2D eigenvalue weighted by molar-refractivity contribution is 7.89. The standard InChI is InChI=1S/C20H21N3O5S/c1-13-7-8-17(14(2)11-13)29(27,28)22-10-9-21-18(24)12-23-19(25)15-5-3-4-6-16(15)20(23)26/h3-8,11,22H,9-10,12H2,1-2H3,(H,21,24). The lowest BCUT2D eigenvalue weighted by Gasteiger charge is -2.14. The van der Waals surface area contributed by atoms with Crippen LogP contribution in [0.3, 0.4) is 0 Å². The number of nitrogens with zero attached hydrogens (tertiary/aromatic N) is 1. The molecule has 0 saturated carbocycles. The van der Waals surface area contributed by atoms with Gasteiger partial charge in [-0.1, -0.05) is 29.8 Å². The zero-order chi connectivity index (χ0) is 21.2. The lowest BCUT2D eigenvalue weighted by molar-refractivity contribution is -0.121. The van der Waals surface area contributed by atoms with E-state index in [1.165, 1.54) is 18.2 Å². The van der Waals surface area contributed by atoms with E-state index in [1.807, 2.05) is 6.92 Å². The molecule has 0 saturated heterocycles. The zero-order valence-corrected chi connectivity index (χ0v) is 16.9. The molecule has 0 aromatic heterocycles. The van der Waals surface area contributed by atoms with Crippen LogP contribution in [0.4, 0.5) is 0 Å². The zero-order valence-electron chi connectivity index (χ0n) is 16.1. The average Bonchev–Trinajstić information content (AvgIpc) is 2.90. The number of fused-ring (bicyclic) bond motifs is 1. The summed E-state index contributed by atoms with van der Waals surface area (Å²) in [5.74, 6) is -1.59. The molecule has 0 radical (unpaired) electrons. The van der Waals surface area contributed by atoms with Gasteiger partial charge in [0.2, 0.25) is 15.9 Å². The SMILES string of the molecule is Cc1ccc(S(=O)(=O)NCCNC(=O)CN2C(=O)c3ccccc3C2=O)c(C)c1. The number of benzene rings is 2. The first-order valence-electron chi connectivity index (χ1n) is 8.99. The van der Waals surface area contributed by atoms with Crippen molar-refractivity contribution in [3.8, 4) is 0 Å². The van der Waals surface area contributed by atoms with Gasteiger partial charge in [0.1, 0.15) is 6.54 Å². The summed E-state index contributed by atoms with van der Waals surface area (Å²) in [6.07, 6.45) is 0. The van der Waals surface area contributed by atoms with E-state index in [0.717, 1.165) is 10.5 Å². The van der Waals surface area contributed by atoms with E-state index in [0.29, 0.717) is 5.56 Å². The third-order valence-corrected chi connectivity index (χ3v) is 6.16. The molecule has 0 bridgehead atoms. The lowest BCUT2D eigenvalue weighted by atomic mass is 10.1. The first-order valence-corrected chi connectivity index (χ1v) is 10.5. The number of aryl methyl sites for hydroxylation is 2. The van der Waals surface area contributed by atoms with Gasteiger partial charge in [0, 0.05) is 13.1 Å². The fourth-order valence-corrected chi connectivity index (χ4v) is 4.40. The van der Waals surface area contributed by atoms with Gasteiger partial charge < -0.3 is 5.32 Å². The Bertz CT molecular complexity index is 1060. The minimum Gasteiger partial charge on any atom is -0.353 e. The maximum atomic E-state index is 12.4. The van der Waals surface area contributed by atoms with Gasteiger partial charge in [-0.2, -0.15) is 0 Å². The van der Waals surface area contributed by atoms with E-state index in [2.05, 4.69) is 10.0 Å². The number of imide groups is 1. The van der Waals surface area contributed by atoms with Crippen LogP contribution >= 0.6 is 0 Å². The molecule has 3 rings (SSSR count). The van der Waals surface area contributed by atoms with Crippen LogP contribution in [0, 0.1) is 13.8 Å². The molecule has 0 spiro atoms. The summed E-state index contributed by atoms with van der Waals surface area (Å²) in [5.41, 5.74) is 2.13. The predicted octanol–water partition coefficient (Wildman–Crippen LogP) is 0.994. The Hall–Kier alpha value is -3.04. The summed E-state index contributed by atoms with van der Waals surface area (Å²) in [7, 11) is -3.70. The molecular formula is C20H21N3O5S. The number of nitrogens with one attached hydrogen (secondary N) is 2. The predicted molar refractivity (Wildman–Crippen MR) is 106 cm³/mol. The van der Waals surface area contributed by atoms with Crippen LogP contribution in [0.15, 0.2) is 47.4 Å². The highest BCUT2D eigenvalue weighted by atomic mass is 32.2. The van der Waals surface area contributed by atoms with Crippen molar-refractivity contribution in [1.29, 1.82) is 0 Å². The fraction of sp³-hybridized carbons (Fsp3) is 0.250. The van der Waals surface area contributed by atoms with Crippen LogP contribution in [0.25, 0.3) is 0 Å². The minimum absolute atomic E-state index is 0.0200. The van der Waals surface area contributed by atoms with Gasteiger partial charge in [0.25, 0.3) is 11.8 Å². The molecule has 2 aromatic rings. The average molecular weight is 415 g/mol. The van der Waals surface area contributed by atoms with Crippen LogP contribution < -0.4 is 10.0 Å². The van der Waals surface area contributed by atoms with Gasteiger partial charge in [-0.15, -0.1) is 0 Å². The Morgan fingerprint density at radius 2 is 1.59 bits per heavy atom. The van der Waals surface area contributed by atoms with Crippen molar-refractivity contribution in [2.75, 3.05) is 19.6 Å². The van der Waals surface area contributed by atoms with Gasteiger partial charge >= 0.3 is 0 Å². The second-order valence-corrected chi connectivity index (χ2v) is 8.49. The van der Waals surface area contributed by atoms with Crippen molar-refractivity contribution in [3.05, 3.63) is 64.7 Å². The molecule has 0 fully saturated rings. The molecule has 9 heteroatoms. The van der Waals surface area contributed by atoms with Gasteiger partial charge in [-0.05, 0) is 37.6 Å². The molecule has 3 amide bonds. The Balaban J connectivity index is 1.51. The van der Waals surface area contributed by atoms with E-state index >= 15 is 0 Å². The van der Waals surface area contributed by atoms with Crippen LogP contribution in [-0.4, -0.2) is 50.7 Å². The van der Waals surface area contributed by atoms with E-state index in [9.17, 15) is 22.8 Å². The van der Waals surface area contributed by atoms with Crippen molar-refractivity contribution in [2.24, 2.45) is 0 Å². The van der Waals surface area contributed by atoms with Crippen LogP contribution in [0.5, 0.6) is 0 Å². The number of carbonyl (C=O) groups is 3. The molecule has 152 valence electrons. The number of sulfonamides is 1. The number of hydrogen-bond donors (Lipinski definition) is 2. The maximum Gasteiger partial charge on any atom is 0.262 e. The van der Waals surface area contributed by atoms with Gasteiger partial charge in [0.15, 0.2) is 0 Å². The second-order valence-electron chi connectivity index (χ2n) is 6.76. The second kappa shape index (κ2) is 8.14. The molecule has 0 atom stereocenters. The van der Waals surface area contributed by atoms with Gasteiger partial charge in [0.05, 0.1) is 16.0 Å². The molecule has 1 heterocycles. The fourth-order valence-electron chi connectivity index (χ4n) is 3.15. The Morgan fingerprint density at radius 1 is 0.966 bits per heavy atom. The van der Waals surface area contributed by atoms with Gasteiger partial charge in [-0.25, -0.2) is 13.1 Å². The van der Waals surface area contributed by atoms with Crippen LogP contribution in [-0.2, 0) is 14.8 Å². The highest BCUT2D eigenvalue weighted by Crippen LogP contribution is 2.21. The quantitative estimate of drug-likeness (QED) is 0.517. The summed E-state index contributed by atoms with van der Waals surface area (Å²) in [4.78, 5) is 37.6. The van der Waals surface area contributed by atoms with Crippen LogP contribution in [0.2, 0.25) is 0 Å². The lowest BCUT2D eigenvalue weighted by Crippen LogP contribution is -2.42. The largest absolute Gasteiger partial charge is 0.353 e. The first kappa shape index (κ1) is 20.7. The molecule has 2 N–H and O–H groups in total.